The minimum Gasteiger partial charge on any atom is -0.469 e. The van der Waals surface area contributed by atoms with E-state index < -0.39 is 22.6 Å². The van der Waals surface area contributed by atoms with Crippen molar-refractivity contribution in [1.29, 1.82) is 0 Å². The molecule has 0 saturated carbocycles. The fourth-order valence-electron chi connectivity index (χ4n) is 3.57. The van der Waals surface area contributed by atoms with Gasteiger partial charge in [-0.05, 0) is 11.1 Å². The number of carbonyl (C=O) groups excluding carboxylic acids is 2. The lowest BCUT2D eigenvalue weighted by Crippen LogP contribution is -2.41. The van der Waals surface area contributed by atoms with E-state index in [0.29, 0.717) is 5.75 Å². The van der Waals surface area contributed by atoms with Crippen LogP contribution in [-0.4, -0.2) is 31.9 Å². The van der Waals surface area contributed by atoms with Gasteiger partial charge in [0.25, 0.3) is 0 Å². The topological polar surface area (TPSA) is 52.6 Å². The van der Waals surface area contributed by atoms with Crippen molar-refractivity contribution < 1.29 is 19.1 Å². The molecule has 25 heavy (non-hydrogen) atoms. The molecule has 0 N–H and O–H groups in total. The van der Waals surface area contributed by atoms with Crippen LogP contribution in [0.3, 0.4) is 0 Å². The molecular formula is C20H20O4S. The molecular weight excluding hydrogens is 336 g/mol. The van der Waals surface area contributed by atoms with Crippen LogP contribution in [0.4, 0.5) is 0 Å². The van der Waals surface area contributed by atoms with E-state index in [0.717, 1.165) is 11.1 Å². The molecule has 1 fully saturated rings. The number of benzene rings is 2. The number of esters is 2. The fourth-order valence-corrected chi connectivity index (χ4v) is 5.38. The second-order valence-corrected chi connectivity index (χ2v) is 7.18. The third-order valence-electron chi connectivity index (χ3n) is 4.70. The van der Waals surface area contributed by atoms with E-state index in [9.17, 15) is 9.59 Å². The maximum absolute atomic E-state index is 12.8. The third-order valence-corrected chi connectivity index (χ3v) is 6.40. The molecule has 0 aliphatic carbocycles. The Morgan fingerprint density at radius 1 is 0.880 bits per heavy atom. The van der Waals surface area contributed by atoms with Gasteiger partial charge in [0.05, 0.1) is 30.8 Å². The van der Waals surface area contributed by atoms with Crippen LogP contribution in [0.25, 0.3) is 0 Å². The van der Waals surface area contributed by atoms with Gasteiger partial charge in [0.1, 0.15) is 0 Å². The highest BCUT2D eigenvalue weighted by Gasteiger charge is 2.58. The molecule has 4 nitrogen and oxygen atoms in total. The first-order valence-corrected chi connectivity index (χ1v) is 9.04. The average molecular weight is 356 g/mol. The minimum atomic E-state index is -0.686. The van der Waals surface area contributed by atoms with E-state index in [4.69, 9.17) is 9.47 Å². The van der Waals surface area contributed by atoms with E-state index in [1.54, 1.807) is 11.8 Å². The molecule has 5 heteroatoms. The lowest BCUT2D eigenvalue weighted by molar-refractivity contribution is -0.157. The molecule has 0 bridgehead atoms. The summed E-state index contributed by atoms with van der Waals surface area (Å²) in [5, 5.41) is 0. The van der Waals surface area contributed by atoms with Crippen LogP contribution in [0.1, 0.15) is 11.1 Å². The Bertz CT molecular complexity index is 705. The molecule has 2 atom stereocenters. The van der Waals surface area contributed by atoms with Gasteiger partial charge in [-0.15, -0.1) is 11.8 Å². The standard InChI is InChI=1S/C20H20O4S/c1-23-18(21)16-13-25-20(17(16)19(22)24-2,14-9-5-3-6-10-14)15-11-7-4-8-12-15/h3-12,16-17H,13H2,1-2H3/t16-,17+/m1/s1. The predicted octanol–water partition coefficient (Wildman–Crippen LogP) is 3.26. The predicted molar refractivity (Wildman–Crippen MR) is 97.1 cm³/mol. The second-order valence-electron chi connectivity index (χ2n) is 5.91. The van der Waals surface area contributed by atoms with Gasteiger partial charge >= 0.3 is 11.9 Å². The molecule has 130 valence electrons. The van der Waals surface area contributed by atoms with Gasteiger partial charge in [-0.2, -0.15) is 0 Å². The summed E-state index contributed by atoms with van der Waals surface area (Å²) in [6.07, 6.45) is 0. The summed E-state index contributed by atoms with van der Waals surface area (Å²) in [6.45, 7) is 0. The zero-order chi connectivity index (χ0) is 17.9. The van der Waals surface area contributed by atoms with Crippen molar-refractivity contribution in [2.45, 2.75) is 4.75 Å². The van der Waals surface area contributed by atoms with Gasteiger partial charge in [-0.1, -0.05) is 60.7 Å². The molecule has 0 spiro atoms. The molecule has 3 rings (SSSR count). The Morgan fingerprint density at radius 2 is 1.36 bits per heavy atom. The minimum absolute atomic E-state index is 0.378. The normalized spacial score (nSPS) is 21.5. The molecule has 0 unspecified atom stereocenters. The molecule has 0 radical (unpaired) electrons. The van der Waals surface area contributed by atoms with Gasteiger partial charge < -0.3 is 9.47 Å². The number of thioether (sulfide) groups is 1. The number of carbonyl (C=O) groups is 2. The number of rotatable bonds is 4. The van der Waals surface area contributed by atoms with E-state index in [1.165, 1.54) is 14.2 Å². The Hall–Kier alpha value is -2.27. The van der Waals surface area contributed by atoms with Gasteiger partial charge in [-0.3, -0.25) is 9.59 Å². The monoisotopic (exact) mass is 356 g/mol. The highest BCUT2D eigenvalue weighted by molar-refractivity contribution is 8.00. The molecule has 2 aromatic carbocycles. The fraction of sp³-hybridized carbons (Fsp3) is 0.300. The Balaban J connectivity index is 2.23. The van der Waals surface area contributed by atoms with Crippen molar-refractivity contribution >= 4 is 23.7 Å². The summed E-state index contributed by atoms with van der Waals surface area (Å²) >= 11 is 1.60. The number of hydrogen-bond acceptors (Lipinski definition) is 5. The average Bonchev–Trinajstić information content (AvgIpc) is 3.09. The molecule has 0 amide bonds. The summed E-state index contributed by atoms with van der Waals surface area (Å²) in [5.41, 5.74) is 1.96. The molecule has 2 aromatic rings. The Morgan fingerprint density at radius 3 is 1.80 bits per heavy atom. The van der Waals surface area contributed by atoms with E-state index in [2.05, 4.69) is 0 Å². The summed E-state index contributed by atoms with van der Waals surface area (Å²) < 4.78 is 9.38. The van der Waals surface area contributed by atoms with Gasteiger partial charge in [0.2, 0.25) is 0 Å². The molecule has 1 aliphatic heterocycles. The maximum Gasteiger partial charge on any atom is 0.311 e. The zero-order valence-corrected chi connectivity index (χ0v) is 15.0. The maximum atomic E-state index is 12.8. The first-order chi connectivity index (χ1) is 12.1. The van der Waals surface area contributed by atoms with Crippen molar-refractivity contribution in [3.63, 3.8) is 0 Å². The smallest absolute Gasteiger partial charge is 0.311 e. The summed E-state index contributed by atoms with van der Waals surface area (Å²) in [4.78, 5) is 25.1. The quantitative estimate of drug-likeness (QED) is 0.787. The van der Waals surface area contributed by atoms with Gasteiger partial charge in [0.15, 0.2) is 0 Å². The SMILES string of the molecule is COC(=O)[C@@H]1[C@H](C(=O)OC)CSC1(c1ccccc1)c1ccccc1. The van der Waals surface area contributed by atoms with Crippen LogP contribution in [0.5, 0.6) is 0 Å². The van der Waals surface area contributed by atoms with Crippen LogP contribution < -0.4 is 0 Å². The van der Waals surface area contributed by atoms with Crippen LogP contribution in [0.2, 0.25) is 0 Å². The van der Waals surface area contributed by atoms with Crippen LogP contribution in [0.15, 0.2) is 60.7 Å². The van der Waals surface area contributed by atoms with Crippen molar-refractivity contribution in [3.8, 4) is 0 Å². The molecule has 1 heterocycles. The number of hydrogen-bond donors (Lipinski definition) is 0. The molecule has 0 aromatic heterocycles. The van der Waals surface area contributed by atoms with E-state index >= 15 is 0 Å². The van der Waals surface area contributed by atoms with Crippen molar-refractivity contribution in [1.82, 2.24) is 0 Å². The van der Waals surface area contributed by atoms with E-state index in [-0.39, 0.29) is 5.97 Å². The van der Waals surface area contributed by atoms with Crippen LogP contribution in [0, 0.1) is 11.8 Å². The lowest BCUT2D eigenvalue weighted by atomic mass is 9.74. The Labute approximate surface area is 151 Å². The van der Waals surface area contributed by atoms with Crippen molar-refractivity contribution in [3.05, 3.63) is 71.8 Å². The highest BCUT2D eigenvalue weighted by Crippen LogP contribution is 2.57. The highest BCUT2D eigenvalue weighted by atomic mass is 32.2. The van der Waals surface area contributed by atoms with Gasteiger partial charge in [-0.25, -0.2) is 0 Å². The van der Waals surface area contributed by atoms with Crippen molar-refractivity contribution in [2.24, 2.45) is 11.8 Å². The first-order valence-electron chi connectivity index (χ1n) is 8.05. The largest absolute Gasteiger partial charge is 0.469 e. The number of methoxy groups -OCH3 is 2. The third kappa shape index (κ3) is 2.93. The second kappa shape index (κ2) is 7.31. The van der Waals surface area contributed by atoms with E-state index in [1.807, 2.05) is 60.7 Å². The summed E-state index contributed by atoms with van der Waals surface area (Å²) in [6, 6.07) is 19.6. The lowest BCUT2D eigenvalue weighted by Gasteiger charge is -2.35. The van der Waals surface area contributed by atoms with Crippen molar-refractivity contribution in [2.75, 3.05) is 20.0 Å². The van der Waals surface area contributed by atoms with Crippen LogP contribution in [-0.2, 0) is 23.8 Å². The Kier molecular flexibility index (Phi) is 5.13. The zero-order valence-electron chi connectivity index (χ0n) is 14.2. The molecule has 1 saturated heterocycles. The van der Waals surface area contributed by atoms with Gasteiger partial charge in [0, 0.05) is 5.75 Å². The summed E-state index contributed by atoms with van der Waals surface area (Å²) in [7, 11) is 2.72. The molecule has 1 aliphatic rings. The number of ether oxygens (including phenoxy) is 2. The first kappa shape index (κ1) is 17.5. The van der Waals surface area contributed by atoms with Crippen LogP contribution >= 0.6 is 11.8 Å². The summed E-state index contributed by atoms with van der Waals surface area (Å²) in [5.74, 6) is -1.48.